The van der Waals surface area contributed by atoms with Crippen molar-refractivity contribution in [3.63, 3.8) is 0 Å². The molecule has 136 valence electrons. The molecular weight excluding hydrogens is 378 g/mol. The first-order valence-electron chi connectivity index (χ1n) is 8.16. The van der Waals surface area contributed by atoms with E-state index < -0.39 is 10.0 Å². The Kier molecular flexibility index (Phi) is 5.88. The van der Waals surface area contributed by atoms with E-state index in [0.717, 1.165) is 46.4 Å². The zero-order valence-electron chi connectivity index (χ0n) is 14.0. The number of hydrogen-bond donors (Lipinski definition) is 1. The van der Waals surface area contributed by atoms with E-state index in [2.05, 4.69) is 9.71 Å². The van der Waals surface area contributed by atoms with Crippen LogP contribution in [0.15, 0.2) is 17.5 Å². The van der Waals surface area contributed by atoms with Crippen LogP contribution in [0.4, 0.5) is 0 Å². The third-order valence-corrected chi connectivity index (χ3v) is 6.77. The molecule has 0 atom stereocenters. The molecule has 0 bridgehead atoms. The van der Waals surface area contributed by atoms with Gasteiger partial charge in [-0.3, -0.25) is 4.79 Å². The first-order chi connectivity index (χ1) is 11.9. The fourth-order valence-electron chi connectivity index (χ4n) is 2.72. The molecule has 2 aromatic rings. The summed E-state index contributed by atoms with van der Waals surface area (Å²) < 4.78 is 24.7. The minimum atomic E-state index is -3.14. The van der Waals surface area contributed by atoms with Crippen LogP contribution in [0, 0.1) is 0 Å². The van der Waals surface area contributed by atoms with Gasteiger partial charge in [0.25, 0.3) is 0 Å². The molecule has 0 saturated carbocycles. The first-order valence-corrected chi connectivity index (χ1v) is 11.8. The summed E-state index contributed by atoms with van der Waals surface area (Å²) in [6.07, 6.45) is 4.28. The minimum absolute atomic E-state index is 0.252. The van der Waals surface area contributed by atoms with Gasteiger partial charge in [-0.1, -0.05) is 0 Å². The number of nitrogens with zero attached hydrogens (tertiary/aromatic N) is 2. The Morgan fingerprint density at radius 2 is 2.16 bits per heavy atom. The highest BCUT2D eigenvalue weighted by molar-refractivity contribution is 7.88. The van der Waals surface area contributed by atoms with Gasteiger partial charge >= 0.3 is 0 Å². The van der Waals surface area contributed by atoms with Gasteiger partial charge in [0, 0.05) is 42.7 Å². The summed E-state index contributed by atoms with van der Waals surface area (Å²) in [7, 11) is -3.14. The number of aromatic nitrogens is 1. The Morgan fingerprint density at radius 1 is 1.32 bits per heavy atom. The molecule has 9 heteroatoms. The fraction of sp³-hybridized carbons (Fsp3) is 0.500. The zero-order chi connectivity index (χ0) is 17.9. The highest BCUT2D eigenvalue weighted by atomic mass is 32.2. The molecule has 1 N–H and O–H groups in total. The Morgan fingerprint density at radius 3 is 2.88 bits per heavy atom. The highest BCUT2D eigenvalue weighted by Crippen LogP contribution is 2.29. The van der Waals surface area contributed by atoms with Crippen LogP contribution in [0.2, 0.25) is 0 Å². The Hall–Kier alpha value is -1.29. The molecule has 3 rings (SSSR count). The summed E-state index contributed by atoms with van der Waals surface area (Å²) in [5, 5.41) is 3.09. The monoisotopic (exact) mass is 399 g/mol. The van der Waals surface area contributed by atoms with E-state index in [1.54, 1.807) is 22.7 Å². The number of nitrogens with one attached hydrogen (secondary N) is 1. The number of thiazole rings is 1. The zero-order valence-corrected chi connectivity index (χ0v) is 16.5. The lowest BCUT2D eigenvalue weighted by Gasteiger charge is -2.13. The highest BCUT2D eigenvalue weighted by Gasteiger charge is 2.20. The first kappa shape index (κ1) is 18.5. The molecule has 3 heterocycles. The lowest BCUT2D eigenvalue weighted by Crippen LogP contribution is -2.26. The van der Waals surface area contributed by atoms with Gasteiger partial charge in [0.1, 0.15) is 0 Å². The van der Waals surface area contributed by atoms with Crippen molar-refractivity contribution in [1.29, 1.82) is 0 Å². The molecule has 0 aliphatic carbocycles. The molecule has 1 saturated heterocycles. The topological polar surface area (TPSA) is 79.4 Å². The molecule has 0 spiro atoms. The number of hydrogen-bond acceptors (Lipinski definition) is 6. The number of thiophene rings is 1. The quantitative estimate of drug-likeness (QED) is 0.737. The lowest BCUT2D eigenvalue weighted by atomic mass is 10.3. The molecule has 0 unspecified atom stereocenters. The van der Waals surface area contributed by atoms with Crippen LogP contribution < -0.4 is 4.72 Å². The van der Waals surface area contributed by atoms with Crippen molar-refractivity contribution in [1.82, 2.24) is 14.6 Å². The maximum atomic E-state index is 11.6. The number of sulfonamides is 1. The SMILES string of the molecule is CS(=O)(=O)NCCc1ccc(-c2csc(CCN3CCCC3=O)n2)s1. The second-order valence-electron chi connectivity index (χ2n) is 6.04. The van der Waals surface area contributed by atoms with Gasteiger partial charge in [0.2, 0.25) is 15.9 Å². The van der Waals surface area contributed by atoms with Crippen molar-refractivity contribution in [2.24, 2.45) is 0 Å². The summed E-state index contributed by atoms with van der Waals surface area (Å²) in [6.45, 7) is 2.02. The second kappa shape index (κ2) is 7.94. The number of rotatable bonds is 8. The average Bonchev–Trinajstić information content (AvgIpc) is 3.24. The van der Waals surface area contributed by atoms with Gasteiger partial charge in [-0.15, -0.1) is 22.7 Å². The van der Waals surface area contributed by atoms with Crippen LogP contribution in [0.3, 0.4) is 0 Å². The molecule has 25 heavy (non-hydrogen) atoms. The number of carbonyl (C=O) groups is 1. The maximum absolute atomic E-state index is 11.6. The van der Waals surface area contributed by atoms with Crippen molar-refractivity contribution >= 4 is 38.6 Å². The van der Waals surface area contributed by atoms with Crippen molar-refractivity contribution < 1.29 is 13.2 Å². The number of carbonyl (C=O) groups excluding carboxylic acids is 1. The van der Waals surface area contributed by atoms with Gasteiger partial charge in [0.05, 0.1) is 21.8 Å². The Bertz CT molecular complexity index is 842. The molecule has 6 nitrogen and oxygen atoms in total. The van der Waals surface area contributed by atoms with Crippen LogP contribution in [0.25, 0.3) is 10.6 Å². The Labute approximate surface area is 155 Å². The second-order valence-corrected chi connectivity index (χ2v) is 9.99. The van der Waals surface area contributed by atoms with E-state index in [9.17, 15) is 13.2 Å². The minimum Gasteiger partial charge on any atom is -0.342 e. The molecular formula is C16H21N3O3S3. The van der Waals surface area contributed by atoms with E-state index in [4.69, 9.17) is 0 Å². The van der Waals surface area contributed by atoms with Gasteiger partial charge < -0.3 is 4.90 Å². The van der Waals surface area contributed by atoms with Crippen molar-refractivity contribution in [3.05, 3.63) is 27.4 Å². The molecule has 1 fully saturated rings. The summed E-state index contributed by atoms with van der Waals surface area (Å²) in [5.41, 5.74) is 0.958. The van der Waals surface area contributed by atoms with Crippen molar-refractivity contribution in [2.75, 3.05) is 25.9 Å². The average molecular weight is 400 g/mol. The molecule has 0 aromatic carbocycles. The Balaban J connectivity index is 1.54. The summed E-state index contributed by atoms with van der Waals surface area (Å²) in [5.74, 6) is 0.252. The molecule has 1 aliphatic rings. The predicted octanol–water partition coefficient (Wildman–Crippen LogP) is 2.13. The molecule has 1 amide bonds. The lowest BCUT2D eigenvalue weighted by molar-refractivity contribution is -0.127. The summed E-state index contributed by atoms with van der Waals surface area (Å²) >= 11 is 3.26. The van der Waals surface area contributed by atoms with Crippen LogP contribution in [-0.2, 0) is 27.7 Å². The molecule has 0 radical (unpaired) electrons. The third-order valence-electron chi connectivity index (χ3n) is 3.97. The van der Waals surface area contributed by atoms with E-state index in [1.807, 2.05) is 22.4 Å². The van der Waals surface area contributed by atoms with E-state index in [0.29, 0.717) is 19.4 Å². The van der Waals surface area contributed by atoms with E-state index in [1.165, 1.54) is 6.26 Å². The van der Waals surface area contributed by atoms with Crippen LogP contribution >= 0.6 is 22.7 Å². The van der Waals surface area contributed by atoms with Gasteiger partial charge in [-0.2, -0.15) is 0 Å². The largest absolute Gasteiger partial charge is 0.342 e. The van der Waals surface area contributed by atoms with Crippen LogP contribution in [-0.4, -0.2) is 50.1 Å². The maximum Gasteiger partial charge on any atom is 0.222 e. The number of amides is 1. The normalized spacial score (nSPS) is 15.2. The predicted molar refractivity (Wildman–Crippen MR) is 101 cm³/mol. The summed E-state index contributed by atoms with van der Waals surface area (Å²) in [4.78, 5) is 20.5. The third kappa shape index (κ3) is 5.34. The van der Waals surface area contributed by atoms with Gasteiger partial charge in [0.15, 0.2) is 0 Å². The van der Waals surface area contributed by atoms with Crippen LogP contribution in [0.1, 0.15) is 22.7 Å². The smallest absolute Gasteiger partial charge is 0.222 e. The number of likely N-dealkylation sites (tertiary alicyclic amines) is 1. The van der Waals surface area contributed by atoms with Gasteiger partial charge in [-0.25, -0.2) is 18.1 Å². The van der Waals surface area contributed by atoms with E-state index in [-0.39, 0.29) is 5.91 Å². The molecule has 2 aromatic heterocycles. The fourth-order valence-corrected chi connectivity index (χ4v) is 5.02. The van der Waals surface area contributed by atoms with Gasteiger partial charge in [-0.05, 0) is 25.0 Å². The summed E-state index contributed by atoms with van der Waals surface area (Å²) in [6, 6.07) is 4.05. The standard InChI is InChI=1S/C16H21N3O3S3/c1-25(21,22)17-8-6-12-4-5-14(24-12)13-11-23-15(18-13)7-10-19-9-2-3-16(19)20/h4-5,11,17H,2-3,6-10H2,1H3. The van der Waals surface area contributed by atoms with Crippen LogP contribution in [0.5, 0.6) is 0 Å². The van der Waals surface area contributed by atoms with Crippen molar-refractivity contribution in [3.8, 4) is 10.6 Å². The van der Waals surface area contributed by atoms with E-state index >= 15 is 0 Å². The molecule has 1 aliphatic heterocycles. The van der Waals surface area contributed by atoms with Crippen molar-refractivity contribution in [2.45, 2.75) is 25.7 Å².